The molecule has 0 atom stereocenters. The summed E-state index contributed by atoms with van der Waals surface area (Å²) in [5, 5.41) is 0.761. The molecule has 7 nitrogen and oxygen atoms in total. The third kappa shape index (κ3) is 2.94. The Labute approximate surface area is 150 Å². The number of likely N-dealkylation sites (tertiary alicyclic amines) is 1. The molecule has 2 aliphatic rings. The molecular weight excluding hydrogens is 334 g/mol. The lowest BCUT2D eigenvalue weighted by atomic mass is 10.0. The van der Waals surface area contributed by atoms with Gasteiger partial charge in [0.25, 0.3) is 11.7 Å². The van der Waals surface area contributed by atoms with Crippen molar-refractivity contribution in [2.75, 3.05) is 26.2 Å². The second-order valence-corrected chi connectivity index (χ2v) is 6.76. The summed E-state index contributed by atoms with van der Waals surface area (Å²) in [6.45, 7) is 2.13. The Morgan fingerprint density at radius 3 is 2.65 bits per heavy atom. The van der Waals surface area contributed by atoms with Gasteiger partial charge in [0, 0.05) is 42.8 Å². The van der Waals surface area contributed by atoms with Crippen LogP contribution in [-0.4, -0.2) is 64.9 Å². The SMILES string of the molecule is O=C(C(=O)N1CCC(N2CCCOC2=O)CC1)c1c[nH]c2ccccc12. The number of ether oxygens (including phenoxy) is 1. The number of hydrogen-bond donors (Lipinski definition) is 1. The number of fused-ring (bicyclic) bond motifs is 1. The summed E-state index contributed by atoms with van der Waals surface area (Å²) in [6.07, 6.45) is 3.51. The van der Waals surface area contributed by atoms with Crippen LogP contribution in [0, 0.1) is 0 Å². The maximum absolute atomic E-state index is 12.7. The van der Waals surface area contributed by atoms with Gasteiger partial charge in [-0.25, -0.2) is 4.79 Å². The van der Waals surface area contributed by atoms with Gasteiger partial charge in [0.1, 0.15) is 0 Å². The fourth-order valence-corrected chi connectivity index (χ4v) is 3.80. The maximum Gasteiger partial charge on any atom is 0.410 e. The normalized spacial score (nSPS) is 18.8. The van der Waals surface area contributed by atoms with Crippen LogP contribution in [0.4, 0.5) is 4.79 Å². The zero-order chi connectivity index (χ0) is 18.1. The number of aromatic amines is 1. The van der Waals surface area contributed by atoms with Crippen molar-refractivity contribution < 1.29 is 19.1 Å². The first-order chi connectivity index (χ1) is 12.6. The number of para-hydroxylation sites is 1. The number of ketones is 1. The Kier molecular flexibility index (Phi) is 4.36. The predicted octanol–water partition coefficient (Wildman–Crippen LogP) is 2.18. The second-order valence-electron chi connectivity index (χ2n) is 6.76. The van der Waals surface area contributed by atoms with E-state index in [9.17, 15) is 14.4 Å². The molecule has 1 aromatic carbocycles. The van der Waals surface area contributed by atoms with E-state index in [0.29, 0.717) is 44.6 Å². The molecule has 0 radical (unpaired) electrons. The number of carbonyl (C=O) groups is 3. The van der Waals surface area contributed by atoms with Gasteiger partial charge in [0.05, 0.1) is 12.2 Å². The molecule has 136 valence electrons. The number of Topliss-reactive ketones (excluding diaryl/α,β-unsaturated/α-hetero) is 1. The lowest BCUT2D eigenvalue weighted by Gasteiger charge is -2.39. The lowest BCUT2D eigenvalue weighted by molar-refractivity contribution is -0.127. The van der Waals surface area contributed by atoms with E-state index in [1.54, 1.807) is 16.0 Å². The average Bonchev–Trinajstić information content (AvgIpc) is 3.11. The smallest absolute Gasteiger partial charge is 0.410 e. The minimum absolute atomic E-state index is 0.0787. The molecule has 2 fully saturated rings. The Hall–Kier alpha value is -2.83. The summed E-state index contributed by atoms with van der Waals surface area (Å²) in [5.74, 6) is -0.965. The van der Waals surface area contributed by atoms with Crippen molar-refractivity contribution in [2.24, 2.45) is 0 Å². The number of hydrogen-bond acceptors (Lipinski definition) is 4. The average molecular weight is 355 g/mol. The van der Waals surface area contributed by atoms with Gasteiger partial charge >= 0.3 is 6.09 Å². The molecule has 2 aliphatic heterocycles. The van der Waals surface area contributed by atoms with Gasteiger partial charge in [0.2, 0.25) is 0 Å². The highest BCUT2D eigenvalue weighted by atomic mass is 16.6. The Balaban J connectivity index is 1.42. The number of piperidine rings is 1. The highest BCUT2D eigenvalue weighted by Gasteiger charge is 2.34. The third-order valence-electron chi connectivity index (χ3n) is 5.22. The summed E-state index contributed by atoms with van der Waals surface area (Å²) in [7, 11) is 0. The van der Waals surface area contributed by atoms with E-state index in [-0.39, 0.29) is 12.1 Å². The van der Waals surface area contributed by atoms with Gasteiger partial charge in [-0.2, -0.15) is 0 Å². The minimum Gasteiger partial charge on any atom is -0.449 e. The predicted molar refractivity (Wildman–Crippen MR) is 94.9 cm³/mol. The van der Waals surface area contributed by atoms with Crippen LogP contribution in [0.3, 0.4) is 0 Å². The first kappa shape index (κ1) is 16.6. The van der Waals surface area contributed by atoms with Gasteiger partial charge in [-0.15, -0.1) is 0 Å². The number of cyclic esters (lactones) is 1. The summed E-state index contributed by atoms with van der Waals surface area (Å²) in [6, 6.07) is 7.52. The summed E-state index contributed by atoms with van der Waals surface area (Å²) in [4.78, 5) is 43.5. The topological polar surface area (TPSA) is 82.7 Å². The largest absolute Gasteiger partial charge is 0.449 e. The number of rotatable bonds is 3. The first-order valence-corrected chi connectivity index (χ1v) is 8.98. The van der Waals surface area contributed by atoms with Crippen LogP contribution in [0.25, 0.3) is 10.9 Å². The molecule has 0 spiro atoms. The molecule has 4 rings (SSSR count). The zero-order valence-electron chi connectivity index (χ0n) is 14.4. The van der Waals surface area contributed by atoms with E-state index in [4.69, 9.17) is 4.74 Å². The lowest BCUT2D eigenvalue weighted by Crippen LogP contribution is -2.51. The van der Waals surface area contributed by atoms with Gasteiger partial charge in [-0.3, -0.25) is 9.59 Å². The van der Waals surface area contributed by atoms with Gasteiger partial charge in [0.15, 0.2) is 0 Å². The van der Waals surface area contributed by atoms with E-state index in [0.717, 1.165) is 17.3 Å². The molecule has 2 saturated heterocycles. The summed E-state index contributed by atoms with van der Waals surface area (Å²) in [5.41, 5.74) is 1.25. The van der Waals surface area contributed by atoms with Crippen molar-refractivity contribution in [1.82, 2.24) is 14.8 Å². The van der Waals surface area contributed by atoms with Crippen LogP contribution in [0.2, 0.25) is 0 Å². The van der Waals surface area contributed by atoms with Crippen LogP contribution in [0.5, 0.6) is 0 Å². The van der Waals surface area contributed by atoms with Crippen LogP contribution < -0.4 is 0 Å². The first-order valence-electron chi connectivity index (χ1n) is 8.98. The molecule has 1 N–H and O–H groups in total. The molecule has 0 aliphatic carbocycles. The van der Waals surface area contributed by atoms with Crippen LogP contribution >= 0.6 is 0 Å². The number of H-pyrrole nitrogens is 1. The van der Waals surface area contributed by atoms with Crippen molar-refractivity contribution in [3.63, 3.8) is 0 Å². The van der Waals surface area contributed by atoms with Crippen molar-refractivity contribution in [2.45, 2.75) is 25.3 Å². The van der Waals surface area contributed by atoms with Gasteiger partial charge in [-0.1, -0.05) is 18.2 Å². The number of aromatic nitrogens is 1. The number of nitrogens with one attached hydrogen (secondary N) is 1. The van der Waals surface area contributed by atoms with E-state index in [1.807, 2.05) is 24.3 Å². The van der Waals surface area contributed by atoms with Gasteiger partial charge in [-0.05, 0) is 25.3 Å². The summed E-state index contributed by atoms with van der Waals surface area (Å²) < 4.78 is 5.09. The van der Waals surface area contributed by atoms with Crippen molar-refractivity contribution >= 4 is 28.7 Å². The zero-order valence-corrected chi connectivity index (χ0v) is 14.4. The van der Waals surface area contributed by atoms with Crippen molar-refractivity contribution in [3.05, 3.63) is 36.0 Å². The Morgan fingerprint density at radius 2 is 1.88 bits per heavy atom. The standard InChI is InChI=1S/C19H21N3O4/c23-17(15-12-20-16-5-2-1-4-14(15)16)18(24)21-9-6-13(7-10-21)22-8-3-11-26-19(22)25/h1-2,4-5,12-13,20H,3,6-11H2. The fraction of sp³-hybridized carbons (Fsp3) is 0.421. The molecule has 3 heterocycles. The van der Waals surface area contributed by atoms with Crippen LogP contribution in [0.1, 0.15) is 29.6 Å². The molecule has 1 aromatic heterocycles. The van der Waals surface area contributed by atoms with Crippen LogP contribution in [-0.2, 0) is 9.53 Å². The number of amides is 2. The quantitative estimate of drug-likeness (QED) is 0.676. The number of carbonyl (C=O) groups excluding carboxylic acids is 3. The van der Waals surface area contributed by atoms with Crippen molar-refractivity contribution in [1.29, 1.82) is 0 Å². The molecule has 0 saturated carbocycles. The van der Waals surface area contributed by atoms with E-state index in [1.165, 1.54) is 0 Å². The molecule has 7 heteroatoms. The second kappa shape index (κ2) is 6.82. The van der Waals surface area contributed by atoms with E-state index < -0.39 is 11.7 Å². The van der Waals surface area contributed by atoms with Crippen LogP contribution in [0.15, 0.2) is 30.5 Å². The molecule has 2 aromatic rings. The molecule has 26 heavy (non-hydrogen) atoms. The van der Waals surface area contributed by atoms with Crippen molar-refractivity contribution in [3.8, 4) is 0 Å². The maximum atomic E-state index is 12.7. The third-order valence-corrected chi connectivity index (χ3v) is 5.22. The molecule has 0 bridgehead atoms. The number of benzene rings is 1. The minimum atomic E-state index is -0.488. The van der Waals surface area contributed by atoms with Gasteiger partial charge < -0.3 is 19.5 Å². The highest BCUT2D eigenvalue weighted by molar-refractivity contribution is 6.44. The molecular formula is C19H21N3O4. The number of nitrogens with zero attached hydrogens (tertiary/aromatic N) is 2. The van der Waals surface area contributed by atoms with E-state index >= 15 is 0 Å². The monoisotopic (exact) mass is 355 g/mol. The van der Waals surface area contributed by atoms with E-state index in [2.05, 4.69) is 4.98 Å². The summed E-state index contributed by atoms with van der Waals surface area (Å²) >= 11 is 0. The fourth-order valence-electron chi connectivity index (χ4n) is 3.80. The molecule has 0 unspecified atom stereocenters. The Bertz CT molecular complexity index is 851. The Morgan fingerprint density at radius 1 is 1.12 bits per heavy atom. The highest BCUT2D eigenvalue weighted by Crippen LogP contribution is 2.22. The molecule has 2 amide bonds.